The molecule has 9 heteroatoms. The molecule has 1 N–H and O–H groups in total. The van der Waals surface area contributed by atoms with Gasteiger partial charge in [0.2, 0.25) is 0 Å². The summed E-state index contributed by atoms with van der Waals surface area (Å²) in [4.78, 5) is 22.4. The lowest BCUT2D eigenvalue weighted by molar-refractivity contribution is -0.384. The van der Waals surface area contributed by atoms with Crippen LogP contribution in [0, 0.1) is 10.1 Å². The monoisotopic (exact) mass is 482 g/mol. The number of benzene rings is 1. The van der Waals surface area contributed by atoms with Crippen molar-refractivity contribution in [2.45, 2.75) is 0 Å². The number of nitrogens with zero attached hydrogens (tertiary/aromatic N) is 1. The molecule has 0 spiro atoms. The third kappa shape index (κ3) is 3.46. The summed E-state index contributed by atoms with van der Waals surface area (Å²) in [6, 6.07) is 5.86. The third-order valence-corrected chi connectivity index (χ3v) is 5.34. The van der Waals surface area contributed by atoms with Gasteiger partial charge in [0, 0.05) is 16.6 Å². The van der Waals surface area contributed by atoms with Crippen molar-refractivity contribution >= 4 is 76.4 Å². The summed E-state index contributed by atoms with van der Waals surface area (Å²) in [5.74, 6) is -0.347. The standard InChI is InChI=1S/C11H5Br3N2O3S/c12-7-2-1-5(16(18)19)3-8(7)15-11(17)6-4-9(13)20-10(6)14/h1-4H,(H,15,17). The molecule has 20 heavy (non-hydrogen) atoms. The minimum absolute atomic E-state index is 0.0888. The fourth-order valence-electron chi connectivity index (χ4n) is 1.41. The average molecular weight is 485 g/mol. The number of hydrogen-bond acceptors (Lipinski definition) is 4. The lowest BCUT2D eigenvalue weighted by atomic mass is 10.2. The fourth-order valence-corrected chi connectivity index (χ4v) is 4.55. The van der Waals surface area contributed by atoms with Gasteiger partial charge >= 0.3 is 0 Å². The summed E-state index contributed by atoms with van der Waals surface area (Å²) in [6.45, 7) is 0. The van der Waals surface area contributed by atoms with Crippen LogP contribution in [0.1, 0.15) is 10.4 Å². The molecular weight excluding hydrogens is 480 g/mol. The predicted molar refractivity (Wildman–Crippen MR) is 88.5 cm³/mol. The first-order chi connectivity index (χ1) is 9.38. The Kier molecular flexibility index (Phi) is 4.95. The number of thiophene rings is 1. The Morgan fingerprint density at radius 2 is 1.95 bits per heavy atom. The quantitative estimate of drug-likeness (QED) is 0.481. The van der Waals surface area contributed by atoms with E-state index >= 15 is 0 Å². The molecule has 0 saturated carbocycles. The van der Waals surface area contributed by atoms with E-state index in [9.17, 15) is 14.9 Å². The van der Waals surface area contributed by atoms with Crippen LogP contribution in [0.15, 0.2) is 36.3 Å². The summed E-state index contributed by atoms with van der Waals surface area (Å²) in [5.41, 5.74) is 0.716. The Morgan fingerprint density at radius 3 is 2.50 bits per heavy atom. The van der Waals surface area contributed by atoms with Crippen LogP contribution in [0.5, 0.6) is 0 Å². The van der Waals surface area contributed by atoms with E-state index in [1.54, 1.807) is 6.07 Å². The van der Waals surface area contributed by atoms with Gasteiger partial charge in [-0.15, -0.1) is 11.3 Å². The van der Waals surface area contributed by atoms with Crippen LogP contribution in [0.3, 0.4) is 0 Å². The molecule has 0 aliphatic heterocycles. The van der Waals surface area contributed by atoms with Crippen LogP contribution in [0.2, 0.25) is 0 Å². The van der Waals surface area contributed by atoms with E-state index in [0.29, 0.717) is 19.5 Å². The van der Waals surface area contributed by atoms with Crippen molar-refractivity contribution in [3.63, 3.8) is 0 Å². The van der Waals surface area contributed by atoms with Gasteiger partial charge in [-0.3, -0.25) is 14.9 Å². The summed E-state index contributed by atoms with van der Waals surface area (Å²) >= 11 is 11.2. The number of carbonyl (C=O) groups excluding carboxylic acids is 1. The number of carbonyl (C=O) groups is 1. The van der Waals surface area contributed by atoms with Crippen molar-refractivity contribution in [3.05, 3.63) is 52.0 Å². The second-order valence-corrected chi connectivity index (χ2v) is 8.22. The van der Waals surface area contributed by atoms with E-state index in [0.717, 1.165) is 3.79 Å². The zero-order valence-electron chi connectivity index (χ0n) is 9.52. The fraction of sp³-hybridized carbons (Fsp3) is 0. The largest absolute Gasteiger partial charge is 0.321 e. The van der Waals surface area contributed by atoms with Crippen LogP contribution in [-0.4, -0.2) is 10.8 Å². The first kappa shape index (κ1) is 15.6. The van der Waals surface area contributed by atoms with Gasteiger partial charge in [-0.1, -0.05) is 0 Å². The maximum atomic E-state index is 12.1. The van der Waals surface area contributed by atoms with Crippen LogP contribution in [-0.2, 0) is 0 Å². The van der Waals surface area contributed by atoms with Crippen LogP contribution < -0.4 is 5.32 Å². The van der Waals surface area contributed by atoms with Gasteiger partial charge < -0.3 is 5.32 Å². The molecule has 2 aromatic rings. The van der Waals surface area contributed by atoms with Gasteiger partial charge in [-0.25, -0.2) is 0 Å². The Labute approximate surface area is 142 Å². The summed E-state index contributed by atoms with van der Waals surface area (Å²) < 4.78 is 2.07. The molecule has 1 aromatic heterocycles. The molecule has 0 saturated heterocycles. The molecule has 0 bridgehead atoms. The van der Waals surface area contributed by atoms with Gasteiger partial charge in [0.05, 0.1) is 23.7 Å². The maximum absolute atomic E-state index is 12.1. The number of rotatable bonds is 3. The van der Waals surface area contributed by atoms with Gasteiger partial charge in [0.25, 0.3) is 11.6 Å². The third-order valence-electron chi connectivity index (χ3n) is 2.31. The summed E-state index contributed by atoms with van der Waals surface area (Å²) in [7, 11) is 0. The van der Waals surface area contributed by atoms with E-state index in [2.05, 4.69) is 53.1 Å². The van der Waals surface area contributed by atoms with E-state index in [4.69, 9.17) is 0 Å². The molecule has 0 aliphatic rings. The zero-order chi connectivity index (χ0) is 14.9. The zero-order valence-corrected chi connectivity index (χ0v) is 15.1. The predicted octanol–water partition coefficient (Wildman–Crippen LogP) is 5.20. The first-order valence-electron chi connectivity index (χ1n) is 5.08. The normalized spacial score (nSPS) is 10.3. The van der Waals surface area contributed by atoms with Gasteiger partial charge in [-0.2, -0.15) is 0 Å². The van der Waals surface area contributed by atoms with E-state index < -0.39 is 4.92 Å². The molecule has 0 aliphatic carbocycles. The van der Waals surface area contributed by atoms with Gasteiger partial charge in [0.1, 0.15) is 0 Å². The molecule has 1 amide bonds. The van der Waals surface area contributed by atoms with Crippen LogP contribution in [0.25, 0.3) is 0 Å². The van der Waals surface area contributed by atoms with E-state index in [1.165, 1.54) is 29.5 Å². The van der Waals surface area contributed by atoms with Crippen molar-refractivity contribution in [1.29, 1.82) is 0 Å². The highest BCUT2D eigenvalue weighted by molar-refractivity contribution is 9.12. The van der Waals surface area contributed by atoms with E-state index in [1.807, 2.05) is 0 Å². The smallest absolute Gasteiger partial charge is 0.271 e. The minimum Gasteiger partial charge on any atom is -0.321 e. The number of hydrogen-bond donors (Lipinski definition) is 1. The van der Waals surface area contributed by atoms with E-state index in [-0.39, 0.29) is 11.6 Å². The van der Waals surface area contributed by atoms with Crippen molar-refractivity contribution in [3.8, 4) is 0 Å². The number of non-ortho nitro benzene ring substituents is 1. The van der Waals surface area contributed by atoms with Crippen LogP contribution in [0.4, 0.5) is 11.4 Å². The highest BCUT2D eigenvalue weighted by Gasteiger charge is 2.16. The molecule has 1 heterocycles. The highest BCUT2D eigenvalue weighted by Crippen LogP contribution is 2.33. The van der Waals surface area contributed by atoms with Crippen LogP contribution >= 0.6 is 59.1 Å². The van der Waals surface area contributed by atoms with Crippen molar-refractivity contribution in [2.24, 2.45) is 0 Å². The molecule has 0 unspecified atom stereocenters. The molecule has 5 nitrogen and oxygen atoms in total. The van der Waals surface area contributed by atoms with Crippen molar-refractivity contribution in [1.82, 2.24) is 0 Å². The molecular formula is C11H5Br3N2O3S. The number of anilines is 1. The second kappa shape index (κ2) is 6.33. The minimum atomic E-state index is -0.515. The molecule has 1 aromatic carbocycles. The Balaban J connectivity index is 2.30. The maximum Gasteiger partial charge on any atom is 0.271 e. The van der Waals surface area contributed by atoms with Gasteiger partial charge in [0.15, 0.2) is 0 Å². The second-order valence-electron chi connectivity index (χ2n) is 3.61. The number of halogens is 3. The molecule has 0 radical (unpaired) electrons. The Morgan fingerprint density at radius 1 is 1.25 bits per heavy atom. The Hall–Kier alpha value is -0.770. The molecule has 0 atom stereocenters. The number of amides is 1. The lowest BCUT2D eigenvalue weighted by Gasteiger charge is -2.06. The highest BCUT2D eigenvalue weighted by atomic mass is 79.9. The average Bonchev–Trinajstić information content (AvgIpc) is 2.71. The Bertz CT molecular complexity index is 702. The molecule has 2 rings (SSSR count). The topological polar surface area (TPSA) is 72.2 Å². The number of nitro benzene ring substituents is 1. The van der Waals surface area contributed by atoms with Crippen molar-refractivity contribution < 1.29 is 9.72 Å². The lowest BCUT2D eigenvalue weighted by Crippen LogP contribution is -2.12. The summed E-state index contributed by atoms with van der Waals surface area (Å²) in [6.07, 6.45) is 0. The molecule has 0 fully saturated rings. The van der Waals surface area contributed by atoms with Crippen molar-refractivity contribution in [2.75, 3.05) is 5.32 Å². The number of nitro groups is 1. The summed E-state index contributed by atoms with van der Waals surface area (Å²) in [5, 5.41) is 13.4. The molecule has 104 valence electrons. The first-order valence-corrected chi connectivity index (χ1v) is 8.28. The number of nitrogens with one attached hydrogen (secondary N) is 1. The van der Waals surface area contributed by atoms with Gasteiger partial charge in [-0.05, 0) is 59.9 Å². The SMILES string of the molecule is O=C(Nc1cc([N+](=O)[O-])ccc1Br)c1cc(Br)sc1Br.